The van der Waals surface area contributed by atoms with Crippen LogP contribution in [-0.4, -0.2) is 64.7 Å². The number of unbranched alkanes of at least 4 members (excludes halogenated alkanes) is 1. The maximum Gasteiger partial charge on any atom is 0.254 e. The number of hydrogen-bond donors (Lipinski definition) is 2. The van der Waals surface area contributed by atoms with E-state index in [0.29, 0.717) is 25.1 Å². The summed E-state index contributed by atoms with van der Waals surface area (Å²) in [6.45, 7) is 3.32. The number of likely N-dealkylation sites (N-methyl/N-ethyl adjacent to an activating group) is 1. The van der Waals surface area contributed by atoms with Gasteiger partial charge in [-0.05, 0) is 60.4 Å². The van der Waals surface area contributed by atoms with E-state index in [0.717, 1.165) is 24.0 Å². The minimum Gasteiger partial charge on any atom is -0.508 e. The van der Waals surface area contributed by atoms with E-state index in [1.54, 1.807) is 41.1 Å². The second-order valence-corrected chi connectivity index (χ2v) is 7.97. The van der Waals surface area contributed by atoms with Gasteiger partial charge in [-0.3, -0.25) is 9.59 Å². The van der Waals surface area contributed by atoms with Crippen molar-refractivity contribution in [2.45, 2.75) is 38.8 Å². The van der Waals surface area contributed by atoms with Crippen LogP contribution < -0.4 is 0 Å². The van der Waals surface area contributed by atoms with Gasteiger partial charge in [0.2, 0.25) is 5.91 Å². The van der Waals surface area contributed by atoms with Crippen LogP contribution in [0.5, 0.6) is 11.5 Å². The van der Waals surface area contributed by atoms with Gasteiger partial charge in [-0.1, -0.05) is 19.4 Å². The van der Waals surface area contributed by atoms with Crippen molar-refractivity contribution in [1.82, 2.24) is 9.80 Å². The summed E-state index contributed by atoms with van der Waals surface area (Å²) in [5.41, 5.74) is 2.40. The molecule has 0 saturated carbocycles. The van der Waals surface area contributed by atoms with Crippen molar-refractivity contribution in [3.63, 3.8) is 0 Å². The van der Waals surface area contributed by atoms with Crippen LogP contribution in [0.4, 0.5) is 0 Å². The maximum absolute atomic E-state index is 13.2. The number of carbonyl (C=O) groups is 2. The van der Waals surface area contributed by atoms with Gasteiger partial charge in [0.1, 0.15) is 18.1 Å². The predicted molar refractivity (Wildman–Crippen MR) is 117 cm³/mol. The summed E-state index contributed by atoms with van der Waals surface area (Å²) in [6, 6.07) is 11.1. The minimum absolute atomic E-state index is 0.0274. The molecule has 1 heterocycles. The van der Waals surface area contributed by atoms with Crippen molar-refractivity contribution >= 4 is 11.8 Å². The van der Waals surface area contributed by atoms with Crippen molar-refractivity contribution < 1.29 is 24.5 Å². The van der Waals surface area contributed by atoms with Crippen LogP contribution in [-0.2, 0) is 22.5 Å². The summed E-state index contributed by atoms with van der Waals surface area (Å²) in [4.78, 5) is 28.8. The third-order valence-corrected chi connectivity index (χ3v) is 5.61. The van der Waals surface area contributed by atoms with Crippen LogP contribution in [0.3, 0.4) is 0 Å². The van der Waals surface area contributed by atoms with E-state index in [1.807, 2.05) is 6.07 Å². The topological polar surface area (TPSA) is 90.3 Å². The molecule has 1 aliphatic heterocycles. The van der Waals surface area contributed by atoms with E-state index >= 15 is 0 Å². The molecule has 7 heteroatoms. The van der Waals surface area contributed by atoms with Gasteiger partial charge >= 0.3 is 0 Å². The molecule has 1 unspecified atom stereocenters. The first-order valence-corrected chi connectivity index (χ1v) is 10.6. The molecular formula is C24H30N2O5. The maximum atomic E-state index is 13.2. The Labute approximate surface area is 182 Å². The van der Waals surface area contributed by atoms with Gasteiger partial charge in [-0.2, -0.15) is 0 Å². The van der Waals surface area contributed by atoms with Gasteiger partial charge in [0.15, 0.2) is 0 Å². The van der Waals surface area contributed by atoms with E-state index in [1.165, 1.54) is 12.1 Å². The van der Waals surface area contributed by atoms with Gasteiger partial charge < -0.3 is 24.7 Å². The highest BCUT2D eigenvalue weighted by atomic mass is 16.5. The number of phenolic OH excluding ortho intramolecular Hbond substituents is 2. The molecule has 3 rings (SSSR count). The number of phenols is 2. The molecule has 166 valence electrons. The normalized spacial score (nSPS) is 15.4. The second-order valence-electron chi connectivity index (χ2n) is 7.97. The average Bonchev–Trinajstić information content (AvgIpc) is 2.77. The first-order chi connectivity index (χ1) is 14.9. The van der Waals surface area contributed by atoms with Gasteiger partial charge in [-0.25, -0.2) is 0 Å². The van der Waals surface area contributed by atoms with E-state index in [2.05, 4.69) is 6.92 Å². The molecule has 1 atom stereocenters. The lowest BCUT2D eigenvalue weighted by atomic mass is 9.93. The van der Waals surface area contributed by atoms with E-state index in [-0.39, 0.29) is 42.6 Å². The van der Waals surface area contributed by atoms with Crippen LogP contribution in [0.25, 0.3) is 0 Å². The number of ether oxygens (including phenoxy) is 1. The SMILES string of the molecule is CCCCN(C)C(=O)COCC1Cc2ccc(O)cc2CN1C(=O)c1ccc(O)cc1. The van der Waals surface area contributed by atoms with Crippen LogP contribution in [0.1, 0.15) is 41.3 Å². The van der Waals surface area contributed by atoms with Crippen molar-refractivity contribution in [3.05, 3.63) is 59.2 Å². The fourth-order valence-electron chi connectivity index (χ4n) is 3.70. The Bertz CT molecular complexity index is 913. The summed E-state index contributed by atoms with van der Waals surface area (Å²) < 4.78 is 5.74. The van der Waals surface area contributed by atoms with E-state index < -0.39 is 0 Å². The zero-order chi connectivity index (χ0) is 22.4. The number of nitrogens with zero attached hydrogens (tertiary/aromatic N) is 2. The Morgan fingerprint density at radius 3 is 2.52 bits per heavy atom. The molecule has 7 nitrogen and oxygen atoms in total. The predicted octanol–water partition coefficient (Wildman–Crippen LogP) is 2.94. The number of rotatable bonds is 8. The fourth-order valence-corrected chi connectivity index (χ4v) is 3.70. The van der Waals surface area contributed by atoms with Crippen molar-refractivity contribution in [1.29, 1.82) is 0 Å². The summed E-state index contributed by atoms with van der Waals surface area (Å²) in [5, 5.41) is 19.4. The molecule has 31 heavy (non-hydrogen) atoms. The van der Waals surface area contributed by atoms with Crippen LogP contribution in [0.15, 0.2) is 42.5 Å². The Hall–Kier alpha value is -3.06. The molecule has 0 spiro atoms. The van der Waals surface area contributed by atoms with Crippen LogP contribution in [0, 0.1) is 0 Å². The van der Waals surface area contributed by atoms with Gasteiger partial charge in [0, 0.05) is 25.7 Å². The third kappa shape index (κ3) is 5.76. The highest BCUT2D eigenvalue weighted by molar-refractivity contribution is 5.94. The molecule has 0 radical (unpaired) electrons. The lowest BCUT2D eigenvalue weighted by Crippen LogP contribution is -2.47. The first-order valence-electron chi connectivity index (χ1n) is 10.6. The number of benzene rings is 2. The minimum atomic E-state index is -0.243. The standard InChI is InChI=1S/C24H30N2O5/c1-3-4-11-25(2)23(29)16-31-15-20-12-18-7-10-22(28)13-19(18)14-26(20)24(30)17-5-8-21(27)9-6-17/h5-10,13,20,27-28H,3-4,11-12,14-16H2,1-2H3. The van der Waals surface area contributed by atoms with Gasteiger partial charge in [-0.15, -0.1) is 0 Å². The Balaban J connectivity index is 1.72. The van der Waals surface area contributed by atoms with Gasteiger partial charge in [0.05, 0.1) is 12.6 Å². The number of hydrogen-bond acceptors (Lipinski definition) is 5. The zero-order valence-electron chi connectivity index (χ0n) is 18.1. The molecule has 1 aliphatic rings. The fraction of sp³-hybridized carbons (Fsp3) is 0.417. The quantitative estimate of drug-likeness (QED) is 0.677. The van der Waals surface area contributed by atoms with E-state index in [4.69, 9.17) is 4.74 Å². The molecule has 2 N–H and O–H groups in total. The summed E-state index contributed by atoms with van der Waals surface area (Å²) in [6.07, 6.45) is 2.53. The second kappa shape index (κ2) is 10.3. The monoisotopic (exact) mass is 426 g/mol. The Morgan fingerprint density at radius 2 is 1.81 bits per heavy atom. The van der Waals surface area contributed by atoms with Crippen LogP contribution in [0.2, 0.25) is 0 Å². The van der Waals surface area contributed by atoms with Crippen molar-refractivity contribution in [3.8, 4) is 11.5 Å². The van der Waals surface area contributed by atoms with E-state index in [9.17, 15) is 19.8 Å². The lowest BCUT2D eigenvalue weighted by molar-refractivity contribution is -0.135. The Kier molecular flexibility index (Phi) is 7.52. The molecule has 0 aromatic heterocycles. The number of aromatic hydroxyl groups is 2. The highest BCUT2D eigenvalue weighted by Gasteiger charge is 2.31. The molecule has 2 amide bonds. The van der Waals surface area contributed by atoms with Crippen molar-refractivity contribution in [2.24, 2.45) is 0 Å². The van der Waals surface area contributed by atoms with Crippen LogP contribution >= 0.6 is 0 Å². The summed E-state index contributed by atoms with van der Waals surface area (Å²) in [7, 11) is 1.77. The van der Waals surface area contributed by atoms with Crippen molar-refractivity contribution in [2.75, 3.05) is 26.8 Å². The number of amides is 2. The number of carbonyl (C=O) groups excluding carboxylic acids is 2. The summed E-state index contributed by atoms with van der Waals surface area (Å²) >= 11 is 0. The smallest absolute Gasteiger partial charge is 0.254 e. The average molecular weight is 427 g/mol. The molecular weight excluding hydrogens is 396 g/mol. The number of fused-ring (bicyclic) bond motifs is 1. The van der Waals surface area contributed by atoms with Gasteiger partial charge in [0.25, 0.3) is 5.91 Å². The Morgan fingerprint density at radius 1 is 1.10 bits per heavy atom. The molecule has 2 aromatic rings. The molecule has 0 saturated heterocycles. The molecule has 0 aliphatic carbocycles. The largest absolute Gasteiger partial charge is 0.508 e. The zero-order valence-corrected chi connectivity index (χ0v) is 18.1. The summed E-state index contributed by atoms with van der Waals surface area (Å²) in [5.74, 6) is -0.0118. The molecule has 0 fully saturated rings. The third-order valence-electron chi connectivity index (χ3n) is 5.61. The molecule has 2 aromatic carbocycles. The first kappa shape index (κ1) is 22.6. The highest BCUT2D eigenvalue weighted by Crippen LogP contribution is 2.28. The molecule has 0 bridgehead atoms. The lowest BCUT2D eigenvalue weighted by Gasteiger charge is -2.37.